The Morgan fingerprint density at radius 2 is 1.77 bits per heavy atom. The molecule has 81 valence electrons. The molecule has 0 nitrogen and oxygen atoms in total. The maximum atomic E-state index is 6.09. The Kier molecular flexibility index (Phi) is 6.61. The van der Waals surface area contributed by atoms with Crippen LogP contribution in [0.1, 0.15) is 27.7 Å². The molecule has 0 spiro atoms. The summed E-state index contributed by atoms with van der Waals surface area (Å²) in [4.78, 5) is 0. The van der Waals surface area contributed by atoms with Gasteiger partial charge >= 0.3 is 0 Å². The van der Waals surface area contributed by atoms with Gasteiger partial charge in [-0.3, -0.25) is 0 Å². The van der Waals surface area contributed by atoms with Crippen LogP contribution in [-0.2, 0) is 0 Å². The van der Waals surface area contributed by atoms with Gasteiger partial charge in [-0.05, 0) is 26.2 Å². The molecule has 0 aromatic carbocycles. The van der Waals surface area contributed by atoms with Crippen molar-refractivity contribution in [3.63, 3.8) is 0 Å². The van der Waals surface area contributed by atoms with Crippen molar-refractivity contribution in [2.24, 2.45) is 0 Å². The Balaban J connectivity index is 4.23. The van der Waals surface area contributed by atoms with Gasteiger partial charge in [0.05, 0.1) is 0 Å². The van der Waals surface area contributed by atoms with Crippen LogP contribution in [0.2, 0.25) is 0 Å². The van der Waals surface area contributed by atoms with Crippen molar-refractivity contribution in [1.82, 2.24) is 0 Å². The second-order valence-corrected chi connectivity index (χ2v) is 9.48. The van der Waals surface area contributed by atoms with Gasteiger partial charge in [0.15, 0.2) is 0 Å². The van der Waals surface area contributed by atoms with Gasteiger partial charge < -0.3 is 0 Å². The Bertz CT molecular complexity index is 142. The molecule has 0 aromatic heterocycles. The first-order valence-electron chi connectivity index (χ1n) is 4.65. The molecule has 0 aliphatic carbocycles. The summed E-state index contributed by atoms with van der Waals surface area (Å²) >= 11 is 18.2. The molecular weight excluding hydrogens is 245 g/mol. The average molecular weight is 265 g/mol. The van der Waals surface area contributed by atoms with Gasteiger partial charge in [-0.25, -0.2) is 0 Å². The highest BCUT2D eigenvalue weighted by Gasteiger charge is 2.30. The van der Waals surface area contributed by atoms with Crippen LogP contribution >= 0.6 is 42.7 Å². The lowest BCUT2D eigenvalue weighted by atomic mass is 10.3. The Labute approximate surface area is 98.1 Å². The second kappa shape index (κ2) is 6.01. The normalized spacial score (nSPS) is 19.6. The van der Waals surface area contributed by atoms with Crippen LogP contribution < -0.4 is 0 Å². The summed E-state index contributed by atoms with van der Waals surface area (Å²) in [5, 5.41) is 0.243. The lowest BCUT2D eigenvalue weighted by Crippen LogP contribution is -2.25. The largest absolute Gasteiger partial charge is 0.131 e. The molecule has 0 N–H and O–H groups in total. The monoisotopic (exact) mass is 263 g/mol. The second-order valence-electron chi connectivity index (χ2n) is 3.67. The molecule has 0 aliphatic rings. The number of rotatable bonds is 5. The van der Waals surface area contributed by atoms with E-state index in [2.05, 4.69) is 13.8 Å². The average Bonchev–Trinajstić information content (AvgIpc) is 1.96. The van der Waals surface area contributed by atoms with Gasteiger partial charge in [0.1, 0.15) is 4.33 Å². The summed E-state index contributed by atoms with van der Waals surface area (Å²) in [6.45, 7) is 8.25. The summed E-state index contributed by atoms with van der Waals surface area (Å²) in [7, 11) is -0.514. The van der Waals surface area contributed by atoms with Crippen LogP contribution in [0.4, 0.5) is 0 Å². The third-order valence-corrected chi connectivity index (χ3v) is 7.65. The molecule has 0 aromatic rings. The topological polar surface area (TPSA) is 0 Å². The van der Waals surface area contributed by atoms with Crippen molar-refractivity contribution in [1.29, 1.82) is 0 Å². The van der Waals surface area contributed by atoms with Gasteiger partial charge in [-0.2, -0.15) is 0 Å². The van der Waals surface area contributed by atoms with Crippen LogP contribution in [-0.4, -0.2) is 27.7 Å². The van der Waals surface area contributed by atoms with E-state index in [4.69, 9.17) is 34.8 Å². The van der Waals surface area contributed by atoms with Gasteiger partial charge in [0.2, 0.25) is 0 Å². The maximum absolute atomic E-state index is 6.09. The number of halogens is 3. The van der Waals surface area contributed by atoms with E-state index >= 15 is 0 Å². The highest BCUT2D eigenvalue weighted by atomic mass is 35.5. The van der Waals surface area contributed by atoms with Crippen molar-refractivity contribution in [3.8, 4) is 0 Å². The number of hydrogen-bond donors (Lipinski definition) is 0. The first kappa shape index (κ1) is 14.3. The lowest BCUT2D eigenvalue weighted by molar-refractivity contribution is 0.822. The van der Waals surface area contributed by atoms with Gasteiger partial charge in [0.25, 0.3) is 0 Å². The highest BCUT2D eigenvalue weighted by Crippen LogP contribution is 2.50. The van der Waals surface area contributed by atoms with Crippen LogP contribution in [0.5, 0.6) is 0 Å². The van der Waals surface area contributed by atoms with Crippen LogP contribution in [0.15, 0.2) is 0 Å². The van der Waals surface area contributed by atoms with E-state index in [9.17, 15) is 0 Å². The molecule has 0 bridgehead atoms. The summed E-state index contributed by atoms with van der Waals surface area (Å²) in [6, 6.07) is 0. The van der Waals surface area contributed by atoms with E-state index in [-0.39, 0.29) is 5.38 Å². The fourth-order valence-corrected chi connectivity index (χ4v) is 5.56. The number of hydrogen-bond acceptors (Lipinski definition) is 0. The zero-order valence-electron chi connectivity index (χ0n) is 8.70. The predicted molar refractivity (Wildman–Crippen MR) is 68.6 cm³/mol. The summed E-state index contributed by atoms with van der Waals surface area (Å²) in [5.41, 5.74) is 0.382. The molecule has 13 heavy (non-hydrogen) atoms. The van der Waals surface area contributed by atoms with E-state index < -0.39 is 12.3 Å². The highest BCUT2D eigenvalue weighted by molar-refractivity contribution is 7.58. The SMILES string of the molecule is CC[PH](CC(C)Cl)C(C)C(C)(Cl)Cl. The van der Waals surface area contributed by atoms with Crippen molar-refractivity contribution in [2.75, 3.05) is 12.3 Å². The van der Waals surface area contributed by atoms with E-state index in [0.29, 0.717) is 5.66 Å². The van der Waals surface area contributed by atoms with Crippen molar-refractivity contribution in [2.45, 2.75) is 43.1 Å². The van der Waals surface area contributed by atoms with Gasteiger partial charge in [0, 0.05) is 11.0 Å². The Morgan fingerprint density at radius 3 is 2.00 bits per heavy atom. The summed E-state index contributed by atoms with van der Waals surface area (Å²) in [6.07, 6.45) is 2.26. The summed E-state index contributed by atoms with van der Waals surface area (Å²) in [5.74, 6) is 0. The predicted octanol–water partition coefficient (Wildman–Crippen LogP) is 4.43. The minimum absolute atomic E-state index is 0.243. The lowest BCUT2D eigenvalue weighted by Gasteiger charge is -2.32. The molecule has 0 rings (SSSR count). The van der Waals surface area contributed by atoms with Gasteiger partial charge in [-0.1, -0.05) is 13.8 Å². The van der Waals surface area contributed by atoms with Crippen LogP contribution in [0.25, 0.3) is 0 Å². The zero-order chi connectivity index (χ0) is 10.6. The fraction of sp³-hybridized carbons (Fsp3) is 1.00. The molecule has 0 saturated carbocycles. The molecular formula is C9H19Cl3P. The van der Waals surface area contributed by atoms with Crippen LogP contribution in [0.3, 0.4) is 0 Å². The van der Waals surface area contributed by atoms with Crippen molar-refractivity contribution < 1.29 is 0 Å². The van der Waals surface area contributed by atoms with Crippen molar-refractivity contribution >= 4 is 42.7 Å². The molecule has 0 fully saturated rings. The Morgan fingerprint density at radius 1 is 1.31 bits per heavy atom. The van der Waals surface area contributed by atoms with Crippen molar-refractivity contribution in [3.05, 3.63) is 0 Å². The zero-order valence-corrected chi connectivity index (χ0v) is 12.0. The molecule has 0 aliphatic heterocycles. The first-order valence-corrected chi connectivity index (χ1v) is 7.83. The third-order valence-electron chi connectivity index (χ3n) is 2.37. The van der Waals surface area contributed by atoms with E-state index in [1.807, 2.05) is 13.8 Å². The quantitative estimate of drug-likeness (QED) is 0.509. The third kappa shape index (κ3) is 5.67. The molecule has 4 heteroatoms. The minimum Gasteiger partial charge on any atom is -0.131 e. The van der Waals surface area contributed by atoms with E-state index in [0.717, 1.165) is 6.16 Å². The fourth-order valence-electron chi connectivity index (χ4n) is 1.35. The minimum atomic E-state index is -0.601. The van der Waals surface area contributed by atoms with Gasteiger partial charge in [-0.15, -0.1) is 42.7 Å². The van der Waals surface area contributed by atoms with E-state index in [1.165, 1.54) is 6.16 Å². The number of alkyl halides is 3. The van der Waals surface area contributed by atoms with Crippen LogP contribution in [0, 0.1) is 0 Å². The summed E-state index contributed by atoms with van der Waals surface area (Å²) < 4.78 is -0.601. The molecule has 3 atom stereocenters. The molecule has 0 amide bonds. The standard InChI is InChI=1S/C9H19Cl3P/c1-5-13(6-7(2)10)8(3)9(4,11)12/h7-8,13H,5-6H2,1-4H3. The molecule has 1 radical (unpaired) electrons. The smallest absolute Gasteiger partial charge is 0.121 e. The Hall–Kier alpha value is 1.30. The maximum Gasteiger partial charge on any atom is 0.121 e. The molecule has 0 saturated heterocycles. The van der Waals surface area contributed by atoms with E-state index in [1.54, 1.807) is 0 Å². The first-order chi connectivity index (χ1) is 5.79. The molecule has 0 heterocycles. The molecule has 3 unspecified atom stereocenters.